The van der Waals surface area contributed by atoms with Crippen LogP contribution in [0.15, 0.2) is 23.7 Å². The van der Waals surface area contributed by atoms with Gasteiger partial charge in [-0.25, -0.2) is 0 Å². The van der Waals surface area contributed by atoms with Crippen LogP contribution in [0.3, 0.4) is 0 Å². The van der Waals surface area contributed by atoms with Crippen LogP contribution in [0.1, 0.15) is 30.0 Å². The van der Waals surface area contributed by atoms with Gasteiger partial charge in [-0.3, -0.25) is 0 Å². The van der Waals surface area contributed by atoms with E-state index in [-0.39, 0.29) is 0 Å². The summed E-state index contributed by atoms with van der Waals surface area (Å²) in [4.78, 5) is 1.42. The SMILES string of the molecule is CCNC(CCc1cccs1)c1cn[nH]n1. The van der Waals surface area contributed by atoms with Gasteiger partial charge in [0.25, 0.3) is 0 Å². The van der Waals surface area contributed by atoms with Gasteiger partial charge in [0.05, 0.1) is 17.9 Å². The molecule has 1 unspecified atom stereocenters. The molecule has 0 aromatic carbocycles. The first-order valence-corrected chi connectivity index (χ1v) is 6.39. The highest BCUT2D eigenvalue weighted by atomic mass is 32.1. The van der Waals surface area contributed by atoms with E-state index in [0.29, 0.717) is 6.04 Å². The van der Waals surface area contributed by atoms with Gasteiger partial charge in [-0.1, -0.05) is 13.0 Å². The Kier molecular flexibility index (Phi) is 4.07. The van der Waals surface area contributed by atoms with Crippen molar-refractivity contribution < 1.29 is 0 Å². The Morgan fingerprint density at radius 3 is 3.12 bits per heavy atom. The Morgan fingerprint density at radius 1 is 1.56 bits per heavy atom. The molecule has 0 fully saturated rings. The van der Waals surface area contributed by atoms with Crippen molar-refractivity contribution in [3.8, 4) is 0 Å². The summed E-state index contributed by atoms with van der Waals surface area (Å²) in [6.07, 6.45) is 3.94. The van der Waals surface area contributed by atoms with Crippen LogP contribution in [0.5, 0.6) is 0 Å². The maximum atomic E-state index is 4.14. The molecule has 0 aliphatic rings. The van der Waals surface area contributed by atoms with E-state index in [4.69, 9.17) is 0 Å². The standard InChI is InChI=1S/C11H16N4S/c1-2-12-10(11-8-13-15-14-11)6-5-9-4-3-7-16-9/h3-4,7-8,10,12H,2,5-6H2,1H3,(H,13,14,15). The largest absolute Gasteiger partial charge is 0.309 e. The minimum absolute atomic E-state index is 0.297. The van der Waals surface area contributed by atoms with Gasteiger partial charge >= 0.3 is 0 Å². The lowest BCUT2D eigenvalue weighted by Crippen LogP contribution is -2.21. The van der Waals surface area contributed by atoms with E-state index in [9.17, 15) is 0 Å². The fourth-order valence-corrected chi connectivity index (χ4v) is 2.45. The van der Waals surface area contributed by atoms with Crippen molar-refractivity contribution in [3.63, 3.8) is 0 Å². The van der Waals surface area contributed by atoms with Crippen LogP contribution in [0.2, 0.25) is 0 Å². The molecule has 0 saturated carbocycles. The maximum Gasteiger partial charge on any atom is 0.0993 e. The van der Waals surface area contributed by atoms with E-state index < -0.39 is 0 Å². The molecule has 2 aromatic heterocycles. The Hall–Kier alpha value is -1.20. The van der Waals surface area contributed by atoms with Crippen molar-refractivity contribution in [1.82, 2.24) is 20.7 Å². The number of aromatic amines is 1. The van der Waals surface area contributed by atoms with Gasteiger partial charge in [0.15, 0.2) is 0 Å². The average molecular weight is 236 g/mol. The second kappa shape index (κ2) is 5.77. The second-order valence-corrected chi connectivity index (χ2v) is 4.66. The van der Waals surface area contributed by atoms with Gasteiger partial charge in [-0.2, -0.15) is 15.4 Å². The number of thiophene rings is 1. The lowest BCUT2D eigenvalue weighted by Gasteiger charge is -2.14. The van der Waals surface area contributed by atoms with Crippen LogP contribution >= 0.6 is 11.3 Å². The summed E-state index contributed by atoms with van der Waals surface area (Å²) in [6, 6.07) is 4.57. The average Bonchev–Trinajstić information content (AvgIpc) is 2.96. The minimum Gasteiger partial charge on any atom is -0.309 e. The van der Waals surface area contributed by atoms with E-state index in [1.54, 1.807) is 6.20 Å². The molecule has 4 nitrogen and oxygen atoms in total. The van der Waals surface area contributed by atoms with Crippen LogP contribution in [-0.4, -0.2) is 22.0 Å². The number of rotatable bonds is 6. The molecule has 0 radical (unpaired) electrons. The molecule has 0 spiro atoms. The summed E-state index contributed by atoms with van der Waals surface area (Å²) in [6.45, 7) is 3.06. The smallest absolute Gasteiger partial charge is 0.0993 e. The summed E-state index contributed by atoms with van der Waals surface area (Å²) < 4.78 is 0. The minimum atomic E-state index is 0.297. The predicted molar refractivity (Wildman–Crippen MR) is 65.4 cm³/mol. The zero-order chi connectivity index (χ0) is 11.2. The van der Waals surface area contributed by atoms with E-state index >= 15 is 0 Å². The predicted octanol–water partition coefficient (Wildman–Crippen LogP) is 2.15. The zero-order valence-electron chi connectivity index (χ0n) is 9.31. The molecular formula is C11H16N4S. The molecule has 0 aliphatic carbocycles. The van der Waals surface area contributed by atoms with E-state index in [2.05, 4.69) is 45.2 Å². The summed E-state index contributed by atoms with van der Waals surface area (Å²) in [5.41, 5.74) is 0.999. The number of hydrogen-bond acceptors (Lipinski definition) is 4. The Morgan fingerprint density at radius 2 is 2.50 bits per heavy atom. The molecule has 2 rings (SSSR count). The fourth-order valence-electron chi connectivity index (χ4n) is 1.72. The molecule has 2 N–H and O–H groups in total. The van der Waals surface area contributed by atoms with Gasteiger partial charge in [0, 0.05) is 4.88 Å². The van der Waals surface area contributed by atoms with Gasteiger partial charge in [-0.05, 0) is 30.8 Å². The second-order valence-electron chi connectivity index (χ2n) is 3.62. The molecular weight excluding hydrogens is 220 g/mol. The summed E-state index contributed by atoms with van der Waals surface area (Å²) in [5, 5.41) is 16.2. The van der Waals surface area contributed by atoms with Crippen LogP contribution in [0.4, 0.5) is 0 Å². The summed E-state index contributed by atoms with van der Waals surface area (Å²) >= 11 is 1.81. The van der Waals surface area contributed by atoms with E-state index in [1.807, 2.05) is 11.3 Å². The van der Waals surface area contributed by atoms with Crippen LogP contribution in [-0.2, 0) is 6.42 Å². The van der Waals surface area contributed by atoms with E-state index in [1.165, 1.54) is 4.88 Å². The molecule has 2 heterocycles. The Bertz CT molecular complexity index is 382. The monoisotopic (exact) mass is 236 g/mol. The van der Waals surface area contributed by atoms with Crippen molar-refractivity contribution in [3.05, 3.63) is 34.3 Å². The van der Waals surface area contributed by atoms with Gasteiger partial charge in [0.1, 0.15) is 0 Å². The maximum absolute atomic E-state index is 4.14. The number of nitrogens with zero attached hydrogens (tertiary/aromatic N) is 2. The molecule has 0 saturated heterocycles. The fraction of sp³-hybridized carbons (Fsp3) is 0.455. The lowest BCUT2D eigenvalue weighted by molar-refractivity contribution is 0.504. The molecule has 0 aliphatic heterocycles. The Balaban J connectivity index is 1.93. The number of nitrogens with one attached hydrogen (secondary N) is 2. The molecule has 16 heavy (non-hydrogen) atoms. The zero-order valence-corrected chi connectivity index (χ0v) is 10.1. The lowest BCUT2D eigenvalue weighted by atomic mass is 10.1. The molecule has 5 heteroatoms. The summed E-state index contributed by atoms with van der Waals surface area (Å²) in [7, 11) is 0. The van der Waals surface area contributed by atoms with Crippen LogP contribution in [0.25, 0.3) is 0 Å². The highest BCUT2D eigenvalue weighted by molar-refractivity contribution is 7.09. The van der Waals surface area contributed by atoms with Gasteiger partial charge in [0.2, 0.25) is 0 Å². The molecule has 0 amide bonds. The van der Waals surface area contributed by atoms with Crippen molar-refractivity contribution in [2.24, 2.45) is 0 Å². The molecule has 86 valence electrons. The van der Waals surface area contributed by atoms with E-state index in [0.717, 1.165) is 25.1 Å². The highest BCUT2D eigenvalue weighted by Gasteiger charge is 2.12. The first-order valence-electron chi connectivity index (χ1n) is 5.51. The van der Waals surface area contributed by atoms with Gasteiger partial charge < -0.3 is 5.32 Å². The first-order chi connectivity index (χ1) is 7.90. The Labute approximate surface area is 99.1 Å². The van der Waals surface area contributed by atoms with Crippen LogP contribution in [0, 0.1) is 0 Å². The topological polar surface area (TPSA) is 53.6 Å². The van der Waals surface area contributed by atoms with Crippen LogP contribution < -0.4 is 5.32 Å². The third-order valence-corrected chi connectivity index (χ3v) is 3.44. The highest BCUT2D eigenvalue weighted by Crippen LogP contribution is 2.18. The number of aryl methyl sites for hydroxylation is 1. The summed E-state index contributed by atoms with van der Waals surface area (Å²) in [5.74, 6) is 0. The molecule has 2 aromatic rings. The van der Waals surface area contributed by atoms with Crippen molar-refractivity contribution in [2.75, 3.05) is 6.54 Å². The number of aromatic nitrogens is 3. The number of hydrogen-bond donors (Lipinski definition) is 2. The van der Waals surface area contributed by atoms with Crippen molar-refractivity contribution in [1.29, 1.82) is 0 Å². The first kappa shape index (κ1) is 11.3. The third kappa shape index (κ3) is 2.90. The van der Waals surface area contributed by atoms with Crippen molar-refractivity contribution >= 4 is 11.3 Å². The third-order valence-electron chi connectivity index (χ3n) is 2.50. The quantitative estimate of drug-likeness (QED) is 0.808. The molecule has 1 atom stereocenters. The molecule has 0 bridgehead atoms. The van der Waals surface area contributed by atoms with Gasteiger partial charge in [-0.15, -0.1) is 11.3 Å². The van der Waals surface area contributed by atoms with Crippen molar-refractivity contribution in [2.45, 2.75) is 25.8 Å². The normalized spacial score (nSPS) is 12.8. The number of H-pyrrole nitrogens is 1.